The van der Waals surface area contributed by atoms with Gasteiger partial charge < -0.3 is 5.73 Å². The van der Waals surface area contributed by atoms with Crippen molar-refractivity contribution in [3.8, 4) is 0 Å². The molecule has 2 N–H and O–H groups in total. The fourth-order valence-electron chi connectivity index (χ4n) is 1.55. The predicted octanol–water partition coefficient (Wildman–Crippen LogP) is 3.19. The fraction of sp³-hybridized carbons (Fsp3) is 1.00. The van der Waals surface area contributed by atoms with E-state index in [1.165, 1.54) is 0 Å². The second-order valence-corrected chi connectivity index (χ2v) is 6.34. The lowest BCUT2D eigenvalue weighted by Crippen LogP contribution is -2.48. The molecule has 0 unspecified atom stereocenters. The third-order valence-corrected chi connectivity index (χ3v) is 2.72. The zero-order valence-electron chi connectivity index (χ0n) is 9.78. The molecule has 0 bridgehead atoms. The lowest BCUT2D eigenvalue weighted by Gasteiger charge is -2.42. The molecule has 0 aromatic heterocycles. The molecular formula is C11H25N. The van der Waals surface area contributed by atoms with E-state index in [-0.39, 0.29) is 11.0 Å². The Kier molecular flexibility index (Phi) is 3.01. The van der Waals surface area contributed by atoms with E-state index in [4.69, 9.17) is 5.73 Å². The van der Waals surface area contributed by atoms with Gasteiger partial charge in [0.25, 0.3) is 0 Å². The highest BCUT2D eigenvalue weighted by atomic mass is 14.8. The molecule has 0 aromatic rings. The van der Waals surface area contributed by atoms with Gasteiger partial charge in [0, 0.05) is 5.54 Å². The maximum absolute atomic E-state index is 6.12. The molecule has 0 atom stereocenters. The maximum atomic E-state index is 6.12. The van der Waals surface area contributed by atoms with Gasteiger partial charge in [0.2, 0.25) is 0 Å². The topological polar surface area (TPSA) is 26.0 Å². The second-order valence-electron chi connectivity index (χ2n) is 6.34. The van der Waals surface area contributed by atoms with Crippen molar-refractivity contribution in [2.75, 3.05) is 0 Å². The van der Waals surface area contributed by atoms with Gasteiger partial charge in [0.1, 0.15) is 0 Å². The van der Waals surface area contributed by atoms with Crippen LogP contribution in [-0.2, 0) is 0 Å². The molecule has 0 heterocycles. The quantitative estimate of drug-likeness (QED) is 0.678. The summed E-state index contributed by atoms with van der Waals surface area (Å²) >= 11 is 0. The first-order valence-electron chi connectivity index (χ1n) is 4.75. The van der Waals surface area contributed by atoms with Crippen LogP contribution in [0, 0.1) is 10.8 Å². The zero-order valence-corrected chi connectivity index (χ0v) is 9.78. The Labute approximate surface area is 77.7 Å². The summed E-state index contributed by atoms with van der Waals surface area (Å²) < 4.78 is 0. The van der Waals surface area contributed by atoms with Crippen molar-refractivity contribution in [2.24, 2.45) is 16.6 Å². The Morgan fingerprint density at radius 2 is 1.17 bits per heavy atom. The Hall–Kier alpha value is -0.0400. The number of hydrogen-bond donors (Lipinski definition) is 1. The lowest BCUT2D eigenvalue weighted by atomic mass is 9.66. The summed E-state index contributed by atoms with van der Waals surface area (Å²) in [4.78, 5) is 0. The van der Waals surface area contributed by atoms with Crippen LogP contribution in [0.25, 0.3) is 0 Å². The largest absolute Gasteiger partial charge is 0.325 e. The minimum Gasteiger partial charge on any atom is -0.325 e. The van der Waals surface area contributed by atoms with E-state index >= 15 is 0 Å². The van der Waals surface area contributed by atoms with Crippen molar-refractivity contribution in [1.82, 2.24) is 0 Å². The molecule has 74 valence electrons. The van der Waals surface area contributed by atoms with Crippen LogP contribution in [0.5, 0.6) is 0 Å². The van der Waals surface area contributed by atoms with Crippen LogP contribution in [0.15, 0.2) is 0 Å². The van der Waals surface area contributed by atoms with Crippen LogP contribution in [0.2, 0.25) is 0 Å². The van der Waals surface area contributed by atoms with Gasteiger partial charge in [-0.1, -0.05) is 34.6 Å². The summed E-state index contributed by atoms with van der Waals surface area (Å²) in [5.74, 6) is 0. The normalized spacial score (nSPS) is 15.0. The summed E-state index contributed by atoms with van der Waals surface area (Å²) in [7, 11) is 0. The van der Waals surface area contributed by atoms with Crippen molar-refractivity contribution in [3.63, 3.8) is 0 Å². The standard InChI is InChI=1S/C11H25N/c1-9(2,3)8-10(4,5)11(6,7)12/h8,12H2,1-7H3. The number of nitrogens with two attached hydrogens (primary N) is 1. The van der Waals surface area contributed by atoms with Crippen LogP contribution in [0.4, 0.5) is 0 Å². The Morgan fingerprint density at radius 3 is 1.25 bits per heavy atom. The smallest absolute Gasteiger partial charge is 0.0149 e. The van der Waals surface area contributed by atoms with Gasteiger partial charge in [-0.3, -0.25) is 0 Å². The second kappa shape index (κ2) is 3.02. The van der Waals surface area contributed by atoms with Gasteiger partial charge >= 0.3 is 0 Å². The van der Waals surface area contributed by atoms with Gasteiger partial charge in [-0.15, -0.1) is 0 Å². The molecule has 0 saturated carbocycles. The summed E-state index contributed by atoms with van der Waals surface area (Å²) in [5.41, 5.74) is 6.58. The van der Waals surface area contributed by atoms with Crippen molar-refractivity contribution < 1.29 is 0 Å². The van der Waals surface area contributed by atoms with Crippen LogP contribution < -0.4 is 5.73 Å². The average Bonchev–Trinajstić information content (AvgIpc) is 1.52. The molecule has 0 aliphatic rings. The third kappa shape index (κ3) is 3.57. The van der Waals surface area contributed by atoms with Crippen molar-refractivity contribution in [3.05, 3.63) is 0 Å². The van der Waals surface area contributed by atoms with Gasteiger partial charge in [0.05, 0.1) is 0 Å². The molecule has 0 radical (unpaired) electrons. The summed E-state index contributed by atoms with van der Waals surface area (Å²) in [5, 5.41) is 0. The number of hydrogen-bond acceptors (Lipinski definition) is 1. The Bertz CT molecular complexity index is 143. The van der Waals surface area contributed by atoms with Crippen molar-refractivity contribution in [2.45, 2.75) is 60.4 Å². The minimum atomic E-state index is -0.0969. The van der Waals surface area contributed by atoms with Crippen LogP contribution in [0.3, 0.4) is 0 Å². The van der Waals surface area contributed by atoms with E-state index in [9.17, 15) is 0 Å². The molecule has 0 rings (SSSR count). The van der Waals surface area contributed by atoms with Crippen LogP contribution in [0.1, 0.15) is 54.9 Å². The van der Waals surface area contributed by atoms with E-state index in [2.05, 4.69) is 48.5 Å². The maximum Gasteiger partial charge on any atom is 0.0149 e. The molecular weight excluding hydrogens is 146 g/mol. The van der Waals surface area contributed by atoms with E-state index in [1.807, 2.05) is 0 Å². The SMILES string of the molecule is CC(C)(C)CC(C)(C)C(C)(C)N. The van der Waals surface area contributed by atoms with Gasteiger partial charge in [0.15, 0.2) is 0 Å². The van der Waals surface area contributed by atoms with Crippen molar-refractivity contribution in [1.29, 1.82) is 0 Å². The molecule has 0 amide bonds. The Balaban J connectivity index is 4.44. The summed E-state index contributed by atoms with van der Waals surface area (Å²) in [6, 6.07) is 0. The Morgan fingerprint density at radius 1 is 0.833 bits per heavy atom. The van der Waals surface area contributed by atoms with Gasteiger partial charge in [-0.2, -0.15) is 0 Å². The average molecular weight is 171 g/mol. The minimum absolute atomic E-state index is 0.0969. The first kappa shape index (κ1) is 12.0. The molecule has 0 aliphatic carbocycles. The molecule has 0 aliphatic heterocycles. The third-order valence-electron chi connectivity index (χ3n) is 2.72. The van der Waals surface area contributed by atoms with E-state index in [1.54, 1.807) is 0 Å². The fourth-order valence-corrected chi connectivity index (χ4v) is 1.55. The van der Waals surface area contributed by atoms with Gasteiger partial charge in [-0.05, 0) is 31.1 Å². The molecule has 0 aromatic carbocycles. The highest BCUT2D eigenvalue weighted by Gasteiger charge is 2.36. The molecule has 0 spiro atoms. The first-order valence-corrected chi connectivity index (χ1v) is 4.75. The van der Waals surface area contributed by atoms with Crippen molar-refractivity contribution >= 4 is 0 Å². The van der Waals surface area contributed by atoms with Crippen LogP contribution in [-0.4, -0.2) is 5.54 Å². The summed E-state index contributed by atoms with van der Waals surface area (Å²) in [6.07, 6.45) is 1.16. The predicted molar refractivity (Wildman–Crippen MR) is 56.1 cm³/mol. The van der Waals surface area contributed by atoms with Gasteiger partial charge in [-0.25, -0.2) is 0 Å². The zero-order chi connectivity index (χ0) is 10.2. The van der Waals surface area contributed by atoms with E-state index in [0.29, 0.717) is 5.41 Å². The highest BCUT2D eigenvalue weighted by molar-refractivity contribution is 4.92. The van der Waals surface area contributed by atoms with Crippen LogP contribution >= 0.6 is 0 Å². The van der Waals surface area contributed by atoms with E-state index in [0.717, 1.165) is 6.42 Å². The highest BCUT2D eigenvalue weighted by Crippen LogP contribution is 2.39. The first-order chi connectivity index (χ1) is 4.96. The molecule has 1 heteroatoms. The molecule has 12 heavy (non-hydrogen) atoms. The van der Waals surface area contributed by atoms with E-state index < -0.39 is 0 Å². The molecule has 0 saturated heterocycles. The summed E-state index contributed by atoms with van der Waals surface area (Å²) in [6.45, 7) is 15.5. The molecule has 1 nitrogen and oxygen atoms in total. The monoisotopic (exact) mass is 171 g/mol. The lowest BCUT2D eigenvalue weighted by molar-refractivity contribution is 0.124. The molecule has 0 fully saturated rings. The number of rotatable bonds is 2.